The molecule has 0 radical (unpaired) electrons. The van der Waals surface area contributed by atoms with E-state index in [-0.39, 0.29) is 0 Å². The summed E-state index contributed by atoms with van der Waals surface area (Å²) >= 11 is 0. The number of methoxy groups -OCH3 is 1. The maximum absolute atomic E-state index is 10.5. The van der Waals surface area contributed by atoms with E-state index in [1.807, 2.05) is 6.92 Å². The van der Waals surface area contributed by atoms with Crippen LogP contribution in [0.15, 0.2) is 18.2 Å². The molecule has 88 valence electrons. The fraction of sp³-hybridized carbons (Fsp3) is 0.364. The molecule has 0 heterocycles. The first-order chi connectivity index (χ1) is 7.65. The number of nitrogens with one attached hydrogen (secondary N) is 1. The molecule has 16 heavy (non-hydrogen) atoms. The number of ether oxygens (including phenoxy) is 2. The Balaban J connectivity index is 2.86. The van der Waals surface area contributed by atoms with Gasteiger partial charge in [-0.1, -0.05) is 6.92 Å². The van der Waals surface area contributed by atoms with Gasteiger partial charge >= 0.3 is 6.09 Å². The van der Waals surface area contributed by atoms with Gasteiger partial charge in [-0.05, 0) is 6.42 Å². The fourth-order valence-electron chi connectivity index (χ4n) is 1.19. The van der Waals surface area contributed by atoms with Gasteiger partial charge in [0.2, 0.25) is 0 Å². The number of benzene rings is 1. The molecule has 0 spiro atoms. The Morgan fingerprint density at radius 1 is 1.38 bits per heavy atom. The highest BCUT2D eigenvalue weighted by Crippen LogP contribution is 2.26. The molecule has 5 nitrogen and oxygen atoms in total. The van der Waals surface area contributed by atoms with E-state index in [2.05, 4.69) is 5.32 Å². The van der Waals surface area contributed by atoms with Gasteiger partial charge in [0.15, 0.2) is 0 Å². The molecular formula is C11H15NO4. The number of carboxylic acid groups (broad SMARTS) is 1. The minimum absolute atomic E-state index is 0.429. The SMILES string of the molecule is CCCOc1cc(NC(=O)O)cc(OC)c1. The summed E-state index contributed by atoms with van der Waals surface area (Å²) in [5.74, 6) is 1.14. The standard InChI is InChI=1S/C11H15NO4/c1-3-4-16-10-6-8(12-11(13)14)5-9(7-10)15-2/h5-7,12H,3-4H2,1-2H3,(H,13,14). The average Bonchev–Trinajstić information content (AvgIpc) is 2.25. The summed E-state index contributed by atoms with van der Waals surface area (Å²) in [5.41, 5.74) is 0.429. The Bertz CT molecular complexity index is 365. The molecule has 0 aliphatic rings. The van der Waals surface area contributed by atoms with Crippen LogP contribution in [0.25, 0.3) is 0 Å². The summed E-state index contributed by atoms with van der Waals surface area (Å²) in [6, 6.07) is 4.92. The number of carbonyl (C=O) groups is 1. The molecule has 0 saturated carbocycles. The Hall–Kier alpha value is -1.91. The lowest BCUT2D eigenvalue weighted by atomic mass is 10.3. The Kier molecular flexibility index (Phi) is 4.44. The molecule has 0 saturated heterocycles. The molecule has 0 aliphatic heterocycles. The van der Waals surface area contributed by atoms with Crippen molar-refractivity contribution in [3.63, 3.8) is 0 Å². The number of hydrogen-bond donors (Lipinski definition) is 2. The van der Waals surface area contributed by atoms with Crippen LogP contribution in [-0.2, 0) is 0 Å². The van der Waals surface area contributed by atoms with Crippen molar-refractivity contribution in [3.8, 4) is 11.5 Å². The summed E-state index contributed by atoms with van der Waals surface area (Å²) in [4.78, 5) is 10.5. The van der Waals surface area contributed by atoms with E-state index in [9.17, 15) is 4.79 Å². The van der Waals surface area contributed by atoms with Gasteiger partial charge in [0, 0.05) is 18.2 Å². The van der Waals surface area contributed by atoms with Crippen molar-refractivity contribution in [2.45, 2.75) is 13.3 Å². The quantitative estimate of drug-likeness (QED) is 0.808. The van der Waals surface area contributed by atoms with Crippen molar-refractivity contribution < 1.29 is 19.4 Å². The summed E-state index contributed by atoms with van der Waals surface area (Å²) in [7, 11) is 1.52. The third-order valence-electron chi connectivity index (χ3n) is 1.84. The molecule has 1 rings (SSSR count). The molecule has 1 aromatic carbocycles. The minimum Gasteiger partial charge on any atom is -0.497 e. The second-order valence-corrected chi connectivity index (χ2v) is 3.18. The normalized spacial score (nSPS) is 9.62. The Morgan fingerprint density at radius 3 is 2.62 bits per heavy atom. The van der Waals surface area contributed by atoms with Gasteiger partial charge in [0.25, 0.3) is 0 Å². The van der Waals surface area contributed by atoms with E-state index in [0.717, 1.165) is 6.42 Å². The molecule has 1 amide bonds. The first-order valence-electron chi connectivity index (χ1n) is 4.97. The van der Waals surface area contributed by atoms with Crippen LogP contribution in [0, 0.1) is 0 Å². The van der Waals surface area contributed by atoms with E-state index < -0.39 is 6.09 Å². The summed E-state index contributed by atoms with van der Waals surface area (Å²) < 4.78 is 10.5. The topological polar surface area (TPSA) is 67.8 Å². The predicted molar refractivity (Wildman–Crippen MR) is 60.4 cm³/mol. The Morgan fingerprint density at radius 2 is 2.06 bits per heavy atom. The van der Waals surface area contributed by atoms with Crippen LogP contribution >= 0.6 is 0 Å². The highest BCUT2D eigenvalue weighted by molar-refractivity contribution is 5.83. The van der Waals surface area contributed by atoms with Crippen LogP contribution < -0.4 is 14.8 Å². The lowest BCUT2D eigenvalue weighted by Crippen LogP contribution is -2.07. The van der Waals surface area contributed by atoms with Crippen LogP contribution in [0.1, 0.15) is 13.3 Å². The highest BCUT2D eigenvalue weighted by atomic mass is 16.5. The average molecular weight is 225 g/mol. The maximum Gasteiger partial charge on any atom is 0.409 e. The van der Waals surface area contributed by atoms with Crippen molar-refractivity contribution in [2.24, 2.45) is 0 Å². The number of amides is 1. The van der Waals surface area contributed by atoms with E-state index in [1.54, 1.807) is 18.2 Å². The van der Waals surface area contributed by atoms with Crippen molar-refractivity contribution in [1.29, 1.82) is 0 Å². The summed E-state index contributed by atoms with van der Waals surface area (Å²) in [6.07, 6.45) is -0.228. The van der Waals surface area contributed by atoms with E-state index in [1.165, 1.54) is 7.11 Å². The van der Waals surface area contributed by atoms with E-state index >= 15 is 0 Å². The molecule has 0 aliphatic carbocycles. The monoisotopic (exact) mass is 225 g/mol. The Labute approximate surface area is 94.0 Å². The molecule has 5 heteroatoms. The predicted octanol–water partition coefficient (Wildman–Crippen LogP) is 2.57. The lowest BCUT2D eigenvalue weighted by molar-refractivity contribution is 0.209. The van der Waals surface area contributed by atoms with Gasteiger partial charge in [-0.2, -0.15) is 0 Å². The molecule has 0 aromatic heterocycles. The van der Waals surface area contributed by atoms with Crippen LogP contribution in [0.4, 0.5) is 10.5 Å². The van der Waals surface area contributed by atoms with Crippen molar-refractivity contribution in [1.82, 2.24) is 0 Å². The maximum atomic E-state index is 10.5. The lowest BCUT2D eigenvalue weighted by Gasteiger charge is -2.09. The zero-order chi connectivity index (χ0) is 12.0. The van der Waals surface area contributed by atoms with Gasteiger partial charge in [-0.15, -0.1) is 0 Å². The van der Waals surface area contributed by atoms with Crippen molar-refractivity contribution in [3.05, 3.63) is 18.2 Å². The first-order valence-corrected chi connectivity index (χ1v) is 4.97. The van der Waals surface area contributed by atoms with Gasteiger partial charge in [-0.25, -0.2) is 4.79 Å². The van der Waals surface area contributed by atoms with Gasteiger partial charge in [0.1, 0.15) is 11.5 Å². The van der Waals surface area contributed by atoms with Gasteiger partial charge in [0.05, 0.1) is 19.4 Å². The van der Waals surface area contributed by atoms with Crippen LogP contribution in [0.5, 0.6) is 11.5 Å². The van der Waals surface area contributed by atoms with E-state index in [4.69, 9.17) is 14.6 Å². The zero-order valence-corrected chi connectivity index (χ0v) is 9.32. The fourth-order valence-corrected chi connectivity index (χ4v) is 1.19. The van der Waals surface area contributed by atoms with E-state index in [0.29, 0.717) is 23.8 Å². The number of rotatable bonds is 5. The van der Waals surface area contributed by atoms with Crippen LogP contribution in [0.2, 0.25) is 0 Å². The molecule has 1 aromatic rings. The first kappa shape index (κ1) is 12.2. The molecule has 0 fully saturated rings. The molecule has 0 unspecified atom stereocenters. The smallest absolute Gasteiger partial charge is 0.409 e. The summed E-state index contributed by atoms with van der Waals surface area (Å²) in [6.45, 7) is 2.58. The summed E-state index contributed by atoms with van der Waals surface area (Å²) in [5, 5.41) is 10.9. The minimum atomic E-state index is -1.12. The second kappa shape index (κ2) is 5.85. The van der Waals surface area contributed by atoms with Crippen LogP contribution in [0.3, 0.4) is 0 Å². The van der Waals surface area contributed by atoms with Crippen LogP contribution in [-0.4, -0.2) is 24.9 Å². The third-order valence-corrected chi connectivity index (χ3v) is 1.84. The number of hydrogen-bond acceptors (Lipinski definition) is 3. The second-order valence-electron chi connectivity index (χ2n) is 3.18. The highest BCUT2D eigenvalue weighted by Gasteiger charge is 2.04. The zero-order valence-electron chi connectivity index (χ0n) is 9.32. The molecule has 0 bridgehead atoms. The van der Waals surface area contributed by atoms with Gasteiger partial charge < -0.3 is 14.6 Å². The van der Waals surface area contributed by atoms with Crippen molar-refractivity contribution in [2.75, 3.05) is 19.0 Å². The number of anilines is 1. The van der Waals surface area contributed by atoms with Gasteiger partial charge in [-0.3, -0.25) is 5.32 Å². The molecule has 2 N–H and O–H groups in total. The molecule has 0 atom stereocenters. The van der Waals surface area contributed by atoms with Crippen molar-refractivity contribution >= 4 is 11.8 Å². The largest absolute Gasteiger partial charge is 0.497 e. The third kappa shape index (κ3) is 3.68. The molecular weight excluding hydrogens is 210 g/mol.